The van der Waals surface area contributed by atoms with E-state index in [1.165, 1.54) is 30.4 Å². The maximum Gasteiger partial charge on any atom is 0.0690 e. The molecule has 0 unspecified atom stereocenters. The van der Waals surface area contributed by atoms with Crippen molar-refractivity contribution in [1.82, 2.24) is 0 Å². The zero-order valence-electron chi connectivity index (χ0n) is 14.5. The molecule has 2 heteroatoms. The second-order valence-electron chi connectivity index (χ2n) is 7.27. The summed E-state index contributed by atoms with van der Waals surface area (Å²) in [4.78, 5) is 0. The van der Waals surface area contributed by atoms with Gasteiger partial charge in [0.1, 0.15) is 0 Å². The van der Waals surface area contributed by atoms with Crippen molar-refractivity contribution in [2.24, 2.45) is 0 Å². The molecule has 17 heavy (non-hydrogen) atoms. The lowest BCUT2D eigenvalue weighted by molar-refractivity contribution is 0.719. The first-order valence-electron chi connectivity index (χ1n) is 7.96. The summed E-state index contributed by atoms with van der Waals surface area (Å²) >= 11 is 0. The molecule has 1 aliphatic rings. The van der Waals surface area contributed by atoms with Gasteiger partial charge in [0.05, 0.1) is 18.9 Å². The lowest BCUT2D eigenvalue weighted by atomic mass is 10.1. The molecule has 0 aromatic carbocycles. The number of rotatable bonds is 2. The number of allylic oxidation sites excluding steroid dienone is 2. The zero-order valence-corrected chi connectivity index (χ0v) is 14.5. The van der Waals surface area contributed by atoms with E-state index in [-0.39, 0.29) is 0 Å². The molecule has 1 aliphatic carbocycles. The molecule has 0 heterocycles. The average Bonchev–Trinajstić information content (AvgIpc) is 2.49. The van der Waals surface area contributed by atoms with Crippen LogP contribution in [0, 0.1) is 0 Å². The first-order chi connectivity index (χ1) is 8.55. The van der Waals surface area contributed by atoms with Gasteiger partial charge in [0, 0.05) is 0 Å². The molecule has 0 radical (unpaired) electrons. The lowest BCUT2D eigenvalue weighted by Crippen LogP contribution is -2.20. The van der Waals surface area contributed by atoms with Crippen molar-refractivity contribution < 1.29 is 2.74 Å². The standard InChI is InChI=1S/C15H30Si2/c1-16(2,3)12-14-10-8-7-9-11-15(14)13-17(4,5)6/h12-13H,7-11H2,1-6H3/i12D,13D. The van der Waals surface area contributed by atoms with Gasteiger partial charge in [-0.25, -0.2) is 0 Å². The smallest absolute Gasteiger partial charge is 0.0690 e. The monoisotopic (exact) mass is 268 g/mol. The summed E-state index contributed by atoms with van der Waals surface area (Å²) in [6.07, 6.45) is 5.72. The van der Waals surface area contributed by atoms with Gasteiger partial charge in [-0.2, -0.15) is 0 Å². The molecule has 1 saturated carbocycles. The Bertz CT molecular complexity index is 357. The molecule has 0 aliphatic heterocycles. The van der Waals surface area contributed by atoms with E-state index in [0.717, 1.165) is 24.2 Å². The Morgan fingerprint density at radius 3 is 1.41 bits per heavy atom. The van der Waals surface area contributed by atoms with Gasteiger partial charge < -0.3 is 0 Å². The van der Waals surface area contributed by atoms with Crippen molar-refractivity contribution in [2.45, 2.75) is 71.4 Å². The lowest BCUT2D eigenvalue weighted by Gasteiger charge is -2.19. The van der Waals surface area contributed by atoms with E-state index < -0.39 is 16.1 Å². The van der Waals surface area contributed by atoms with E-state index in [2.05, 4.69) is 39.3 Å². The Morgan fingerprint density at radius 1 is 0.765 bits per heavy atom. The highest BCUT2D eigenvalue weighted by Gasteiger charge is 2.18. The molecule has 0 nitrogen and oxygen atoms in total. The second kappa shape index (κ2) is 5.70. The quantitative estimate of drug-likeness (QED) is 0.454. The van der Waals surface area contributed by atoms with Gasteiger partial charge in [-0.05, 0) is 25.7 Å². The molecule has 0 bridgehead atoms. The minimum Gasteiger partial charge on any atom is -0.0916 e. The van der Waals surface area contributed by atoms with Crippen LogP contribution in [0.15, 0.2) is 22.5 Å². The third-order valence-corrected chi connectivity index (χ3v) is 4.87. The van der Waals surface area contributed by atoms with Crippen molar-refractivity contribution in [2.75, 3.05) is 0 Å². The van der Waals surface area contributed by atoms with Gasteiger partial charge in [0.2, 0.25) is 0 Å². The normalized spacial score (nSPS) is 26.9. The van der Waals surface area contributed by atoms with Crippen molar-refractivity contribution in [3.8, 4) is 0 Å². The Balaban J connectivity index is 3.40. The highest BCUT2D eigenvalue weighted by atomic mass is 28.3. The summed E-state index contributed by atoms with van der Waals surface area (Å²) in [5.41, 5.74) is 4.30. The molecular formula is C15H30Si2. The van der Waals surface area contributed by atoms with Crippen molar-refractivity contribution >= 4 is 16.1 Å². The van der Waals surface area contributed by atoms with Crippen molar-refractivity contribution in [1.29, 1.82) is 0 Å². The van der Waals surface area contributed by atoms with Crippen LogP contribution in [0.1, 0.15) is 34.8 Å². The third-order valence-electron chi connectivity index (χ3n) is 2.77. The van der Waals surface area contributed by atoms with Crippen molar-refractivity contribution in [3.05, 3.63) is 22.5 Å². The summed E-state index contributed by atoms with van der Waals surface area (Å²) in [5.74, 6) is 0. The molecule has 98 valence electrons. The molecule has 1 fully saturated rings. The molecular weight excluding hydrogens is 236 g/mol. The summed E-state index contributed by atoms with van der Waals surface area (Å²) < 4.78 is 17.2. The maximum absolute atomic E-state index is 8.58. The van der Waals surface area contributed by atoms with Crippen LogP contribution in [-0.2, 0) is 0 Å². The maximum atomic E-state index is 8.58. The molecule has 0 aromatic rings. The topological polar surface area (TPSA) is 0 Å². The van der Waals surface area contributed by atoms with Crippen LogP contribution in [0.3, 0.4) is 0 Å². The van der Waals surface area contributed by atoms with E-state index in [1.807, 2.05) is 0 Å². The largest absolute Gasteiger partial charge is 0.0916 e. The molecule has 0 saturated heterocycles. The van der Waals surface area contributed by atoms with Crippen LogP contribution in [-0.4, -0.2) is 16.1 Å². The van der Waals surface area contributed by atoms with E-state index >= 15 is 0 Å². The summed E-state index contributed by atoms with van der Waals surface area (Å²) in [5, 5.41) is 0. The van der Waals surface area contributed by atoms with Gasteiger partial charge in [0.25, 0.3) is 0 Å². The molecule has 0 atom stereocenters. The van der Waals surface area contributed by atoms with Crippen LogP contribution < -0.4 is 0 Å². The molecule has 0 N–H and O–H groups in total. The van der Waals surface area contributed by atoms with Crippen LogP contribution >= 0.6 is 0 Å². The molecule has 1 rings (SSSR count). The first-order valence-corrected chi connectivity index (χ1v) is 14.0. The van der Waals surface area contributed by atoms with Gasteiger partial charge in [0.15, 0.2) is 0 Å². The van der Waals surface area contributed by atoms with Crippen LogP contribution in [0.25, 0.3) is 0 Å². The van der Waals surface area contributed by atoms with Crippen LogP contribution in [0.5, 0.6) is 0 Å². The van der Waals surface area contributed by atoms with E-state index in [4.69, 9.17) is 2.74 Å². The second-order valence-corrected chi connectivity index (χ2v) is 16.8. The molecule has 0 aromatic heterocycles. The SMILES string of the molecule is [2H]C(=C1CCCCCC1=C([2H])[Si](C)(C)C)[Si](C)(C)C. The fourth-order valence-electron chi connectivity index (χ4n) is 2.26. The van der Waals surface area contributed by atoms with E-state index in [0.29, 0.717) is 0 Å². The minimum absolute atomic E-state index is 0.896. The van der Waals surface area contributed by atoms with Crippen LogP contribution in [0.2, 0.25) is 39.3 Å². The van der Waals surface area contributed by atoms with Crippen molar-refractivity contribution in [3.63, 3.8) is 0 Å². The minimum atomic E-state index is -1.57. The molecule has 0 amide bonds. The van der Waals surface area contributed by atoms with E-state index in [1.54, 1.807) is 0 Å². The fourth-order valence-corrected chi connectivity index (χ4v) is 4.63. The predicted octanol–water partition coefficient (Wildman–Crippen LogP) is 5.56. The Hall–Kier alpha value is -0.0862. The Labute approximate surface area is 113 Å². The van der Waals surface area contributed by atoms with Gasteiger partial charge in [-0.3, -0.25) is 0 Å². The zero-order chi connectivity index (χ0) is 14.8. The summed E-state index contributed by atoms with van der Waals surface area (Å²) in [7, 11) is -3.15. The predicted molar refractivity (Wildman–Crippen MR) is 85.9 cm³/mol. The average molecular weight is 269 g/mol. The fraction of sp³-hybridized carbons (Fsp3) is 0.733. The van der Waals surface area contributed by atoms with Gasteiger partial charge in [-0.1, -0.05) is 68.2 Å². The van der Waals surface area contributed by atoms with Crippen LogP contribution in [0.4, 0.5) is 0 Å². The summed E-state index contributed by atoms with van der Waals surface area (Å²) in [6.45, 7) is 13.5. The van der Waals surface area contributed by atoms with Gasteiger partial charge >= 0.3 is 0 Å². The Kier molecular flexibility index (Phi) is 4.02. The number of hydrogen-bond donors (Lipinski definition) is 0. The summed E-state index contributed by atoms with van der Waals surface area (Å²) in [6, 6.07) is 0. The highest BCUT2D eigenvalue weighted by molar-refractivity contribution is 6.81. The third kappa shape index (κ3) is 6.42. The van der Waals surface area contributed by atoms with E-state index in [9.17, 15) is 0 Å². The number of hydrogen-bond acceptors (Lipinski definition) is 0. The molecule has 0 spiro atoms. The highest BCUT2D eigenvalue weighted by Crippen LogP contribution is 2.30. The van der Waals surface area contributed by atoms with Gasteiger partial charge in [-0.15, -0.1) is 0 Å². The first kappa shape index (κ1) is 12.0. The Morgan fingerprint density at radius 2 is 1.12 bits per heavy atom.